The number of methoxy groups -OCH3 is 1. The van der Waals surface area contributed by atoms with Crippen LogP contribution in [0.15, 0.2) is 42.5 Å². The highest BCUT2D eigenvalue weighted by molar-refractivity contribution is 6.32. The minimum atomic E-state index is -0.256. The summed E-state index contributed by atoms with van der Waals surface area (Å²) in [5, 5.41) is 11.9. The normalized spacial score (nSPS) is 12.9. The van der Waals surface area contributed by atoms with Crippen molar-refractivity contribution in [2.45, 2.75) is 33.2 Å². The van der Waals surface area contributed by atoms with Crippen LogP contribution in [0, 0.1) is 5.92 Å². The largest absolute Gasteiger partial charge is 0.493 e. The van der Waals surface area contributed by atoms with Crippen molar-refractivity contribution >= 4 is 29.3 Å². The first-order valence-electron chi connectivity index (χ1n) is 11.0. The number of carbonyl (C=O) groups excluding carboxylic acids is 1. The van der Waals surface area contributed by atoms with E-state index in [-0.39, 0.29) is 5.91 Å². The first kappa shape index (κ1) is 22.9. The number of rotatable bonds is 8. The van der Waals surface area contributed by atoms with E-state index in [9.17, 15) is 4.79 Å². The molecule has 0 atom stereocenters. The number of nitrogens with one attached hydrogen (secondary N) is 1. The molecule has 0 saturated heterocycles. The zero-order valence-corrected chi connectivity index (χ0v) is 19.7. The van der Waals surface area contributed by atoms with E-state index < -0.39 is 0 Å². The van der Waals surface area contributed by atoms with Gasteiger partial charge in [-0.2, -0.15) is 0 Å². The highest BCUT2D eigenvalue weighted by Crippen LogP contribution is 2.37. The van der Waals surface area contributed by atoms with Gasteiger partial charge in [0, 0.05) is 30.3 Å². The lowest BCUT2D eigenvalue weighted by Gasteiger charge is -2.14. The molecule has 8 heteroatoms. The van der Waals surface area contributed by atoms with Crippen LogP contribution in [0.5, 0.6) is 11.5 Å². The summed E-state index contributed by atoms with van der Waals surface area (Å²) < 4.78 is 13.3. The average molecular weight is 467 g/mol. The molecule has 7 nitrogen and oxygen atoms in total. The second kappa shape index (κ2) is 10.1. The van der Waals surface area contributed by atoms with Crippen molar-refractivity contribution in [3.05, 3.63) is 58.9 Å². The molecule has 4 rings (SSSR count). The van der Waals surface area contributed by atoms with Gasteiger partial charge in [0.1, 0.15) is 5.82 Å². The van der Waals surface area contributed by atoms with E-state index in [4.69, 9.17) is 21.1 Å². The van der Waals surface area contributed by atoms with Gasteiger partial charge in [0.2, 0.25) is 5.91 Å². The van der Waals surface area contributed by atoms with Crippen LogP contribution in [0.25, 0.3) is 17.5 Å². The Balaban J connectivity index is 1.46. The van der Waals surface area contributed by atoms with E-state index in [1.54, 1.807) is 25.3 Å². The van der Waals surface area contributed by atoms with Crippen molar-refractivity contribution in [2.75, 3.05) is 19.0 Å². The number of aromatic nitrogens is 3. The predicted molar refractivity (Wildman–Crippen MR) is 130 cm³/mol. The van der Waals surface area contributed by atoms with Crippen molar-refractivity contribution < 1.29 is 14.3 Å². The van der Waals surface area contributed by atoms with Gasteiger partial charge in [-0.1, -0.05) is 37.6 Å². The second-order valence-corrected chi connectivity index (χ2v) is 8.74. The van der Waals surface area contributed by atoms with Gasteiger partial charge >= 0.3 is 0 Å². The van der Waals surface area contributed by atoms with E-state index in [2.05, 4.69) is 33.9 Å². The molecule has 0 spiro atoms. The Kier molecular flexibility index (Phi) is 6.99. The van der Waals surface area contributed by atoms with E-state index in [0.29, 0.717) is 34.7 Å². The molecule has 1 N–H and O–H groups in total. The summed E-state index contributed by atoms with van der Waals surface area (Å²) in [5.74, 6) is 2.97. The molecule has 2 aromatic carbocycles. The summed E-state index contributed by atoms with van der Waals surface area (Å²) in [7, 11) is 1.56. The summed E-state index contributed by atoms with van der Waals surface area (Å²) in [6.45, 7) is 5.57. The number of amides is 1. The van der Waals surface area contributed by atoms with Crippen molar-refractivity contribution in [1.29, 1.82) is 0 Å². The van der Waals surface area contributed by atoms with Gasteiger partial charge in [-0.15, -0.1) is 10.2 Å². The van der Waals surface area contributed by atoms with Crippen molar-refractivity contribution in [1.82, 2.24) is 14.8 Å². The molecule has 0 fully saturated rings. The minimum Gasteiger partial charge on any atom is -0.493 e. The molecule has 1 aliphatic heterocycles. The van der Waals surface area contributed by atoms with Crippen LogP contribution < -0.4 is 14.8 Å². The molecule has 3 aromatic rings. The number of hydrogen-bond donors (Lipinski definition) is 1. The number of aryl methyl sites for hydroxylation is 1. The topological polar surface area (TPSA) is 78.3 Å². The maximum Gasteiger partial charge on any atom is 0.248 e. The van der Waals surface area contributed by atoms with Crippen LogP contribution in [-0.4, -0.2) is 34.4 Å². The van der Waals surface area contributed by atoms with Gasteiger partial charge in [0.15, 0.2) is 17.3 Å². The third kappa shape index (κ3) is 5.37. The number of benzene rings is 2. The molecule has 33 heavy (non-hydrogen) atoms. The average Bonchev–Trinajstić information content (AvgIpc) is 3.40. The smallest absolute Gasteiger partial charge is 0.248 e. The van der Waals surface area contributed by atoms with Gasteiger partial charge in [-0.05, 0) is 48.2 Å². The maximum atomic E-state index is 12.5. The number of hydrogen-bond acceptors (Lipinski definition) is 5. The number of carbonyl (C=O) groups is 1. The number of nitrogens with zero attached hydrogens (tertiary/aromatic N) is 3. The first-order valence-corrected chi connectivity index (χ1v) is 11.3. The van der Waals surface area contributed by atoms with Gasteiger partial charge in [-0.3, -0.25) is 4.79 Å². The Morgan fingerprint density at radius 1 is 1.27 bits per heavy atom. The molecule has 0 unspecified atom stereocenters. The van der Waals surface area contributed by atoms with Crippen LogP contribution >= 0.6 is 11.6 Å². The SMILES string of the molecule is COc1cc(/C=C/C(=O)Nc2cccc(-c3nnc4n3CCC4)c2)cc(Cl)c1OCC(C)C. The summed E-state index contributed by atoms with van der Waals surface area (Å²) in [6.07, 6.45) is 5.18. The fourth-order valence-electron chi connectivity index (χ4n) is 3.68. The lowest BCUT2D eigenvalue weighted by atomic mass is 10.1. The molecular formula is C25H27ClN4O3. The van der Waals surface area contributed by atoms with Crippen LogP contribution in [0.1, 0.15) is 31.7 Å². The number of fused-ring (bicyclic) bond motifs is 1. The zero-order chi connectivity index (χ0) is 23.4. The Morgan fingerprint density at radius 3 is 2.91 bits per heavy atom. The molecule has 172 valence electrons. The maximum absolute atomic E-state index is 12.5. The molecule has 0 aliphatic carbocycles. The Hall–Kier alpha value is -3.32. The molecule has 2 heterocycles. The number of anilines is 1. The van der Waals surface area contributed by atoms with Gasteiger partial charge in [0.05, 0.1) is 18.7 Å². The monoisotopic (exact) mass is 466 g/mol. The summed E-state index contributed by atoms with van der Waals surface area (Å²) in [6, 6.07) is 11.2. The summed E-state index contributed by atoms with van der Waals surface area (Å²) in [5.41, 5.74) is 2.34. The van der Waals surface area contributed by atoms with Gasteiger partial charge < -0.3 is 19.4 Å². The van der Waals surface area contributed by atoms with Gasteiger partial charge in [-0.25, -0.2) is 0 Å². The molecule has 0 bridgehead atoms. The Labute approximate surface area is 198 Å². The van der Waals surface area contributed by atoms with Crippen molar-refractivity contribution in [3.8, 4) is 22.9 Å². The quantitative estimate of drug-likeness (QED) is 0.459. The van der Waals surface area contributed by atoms with Crippen LogP contribution in [0.2, 0.25) is 5.02 Å². The van der Waals surface area contributed by atoms with Gasteiger partial charge in [0.25, 0.3) is 0 Å². The molecule has 1 aliphatic rings. The highest BCUT2D eigenvalue weighted by atomic mass is 35.5. The fourth-order valence-corrected chi connectivity index (χ4v) is 3.96. The Morgan fingerprint density at radius 2 is 2.12 bits per heavy atom. The minimum absolute atomic E-state index is 0.256. The molecular weight excluding hydrogens is 440 g/mol. The third-order valence-corrected chi connectivity index (χ3v) is 5.52. The zero-order valence-electron chi connectivity index (χ0n) is 19.0. The van der Waals surface area contributed by atoms with Crippen LogP contribution in [0.3, 0.4) is 0 Å². The van der Waals surface area contributed by atoms with Crippen molar-refractivity contribution in [2.24, 2.45) is 5.92 Å². The molecule has 0 radical (unpaired) electrons. The second-order valence-electron chi connectivity index (χ2n) is 8.34. The van der Waals surface area contributed by atoms with Crippen LogP contribution in [-0.2, 0) is 17.8 Å². The molecule has 1 amide bonds. The predicted octanol–water partition coefficient (Wildman–Crippen LogP) is 5.24. The summed E-state index contributed by atoms with van der Waals surface area (Å²) >= 11 is 6.40. The highest BCUT2D eigenvalue weighted by Gasteiger charge is 2.18. The van der Waals surface area contributed by atoms with E-state index in [0.717, 1.165) is 42.2 Å². The summed E-state index contributed by atoms with van der Waals surface area (Å²) in [4.78, 5) is 12.5. The lowest BCUT2D eigenvalue weighted by Crippen LogP contribution is -2.08. The number of ether oxygens (including phenoxy) is 2. The fraction of sp³-hybridized carbons (Fsp3) is 0.320. The molecule has 1 aromatic heterocycles. The van der Waals surface area contributed by atoms with E-state index >= 15 is 0 Å². The first-order chi connectivity index (χ1) is 15.9. The van der Waals surface area contributed by atoms with Crippen molar-refractivity contribution in [3.63, 3.8) is 0 Å². The Bertz CT molecular complexity index is 1190. The van der Waals surface area contributed by atoms with E-state index in [1.807, 2.05) is 24.3 Å². The lowest BCUT2D eigenvalue weighted by molar-refractivity contribution is -0.111. The van der Waals surface area contributed by atoms with Crippen LogP contribution in [0.4, 0.5) is 5.69 Å². The third-order valence-electron chi connectivity index (χ3n) is 5.24. The number of halogens is 1. The molecule has 0 saturated carbocycles. The standard InChI is InChI=1S/C25H27ClN4O3/c1-16(2)15-33-24-20(26)12-17(13-21(24)32-3)9-10-23(31)27-19-7-4-6-18(14-19)25-29-28-22-8-5-11-30(22)25/h4,6-7,9-10,12-14,16H,5,8,11,15H2,1-3H3,(H,27,31)/b10-9+. The van der Waals surface area contributed by atoms with E-state index in [1.165, 1.54) is 6.08 Å².